The quantitative estimate of drug-likeness (QED) is 0.605. The van der Waals surface area contributed by atoms with Gasteiger partial charge in [-0.05, 0) is 28.9 Å². The number of carbonyl (C=O) groups is 2. The molecule has 26 heavy (non-hydrogen) atoms. The summed E-state index contributed by atoms with van der Waals surface area (Å²) in [6.45, 7) is 2.78. The van der Waals surface area contributed by atoms with Crippen molar-refractivity contribution in [3.05, 3.63) is 46.7 Å². The number of amides is 1. The summed E-state index contributed by atoms with van der Waals surface area (Å²) in [4.78, 5) is 24.2. The fourth-order valence-electron chi connectivity index (χ4n) is 2.23. The van der Waals surface area contributed by atoms with E-state index in [9.17, 15) is 9.59 Å². The van der Waals surface area contributed by atoms with Crippen molar-refractivity contribution in [2.24, 2.45) is 0 Å². The van der Waals surface area contributed by atoms with Crippen LogP contribution < -0.4 is 5.32 Å². The summed E-state index contributed by atoms with van der Waals surface area (Å²) in [6.07, 6.45) is 6.70. The maximum Gasteiger partial charge on any atom is 0.360 e. The second kappa shape index (κ2) is 7.52. The third-order valence-corrected chi connectivity index (χ3v) is 3.89. The van der Waals surface area contributed by atoms with E-state index in [1.54, 1.807) is 40.2 Å². The van der Waals surface area contributed by atoms with Crippen molar-refractivity contribution in [3.8, 4) is 0 Å². The van der Waals surface area contributed by atoms with Crippen LogP contribution in [0.3, 0.4) is 0 Å². The van der Waals surface area contributed by atoms with Gasteiger partial charge in [-0.25, -0.2) is 9.48 Å². The summed E-state index contributed by atoms with van der Waals surface area (Å²) in [5, 5.41) is 15.1. The Morgan fingerprint density at radius 3 is 2.69 bits per heavy atom. The molecular formula is C15H16BrN7O3. The molecule has 0 aliphatic rings. The number of nitrogens with one attached hydrogen (secondary N) is 1. The molecule has 0 unspecified atom stereocenters. The molecule has 0 aromatic carbocycles. The largest absolute Gasteiger partial charge is 0.464 e. The molecule has 10 nitrogen and oxygen atoms in total. The molecule has 11 heteroatoms. The van der Waals surface area contributed by atoms with Gasteiger partial charge < -0.3 is 10.1 Å². The molecule has 0 aliphatic carbocycles. The summed E-state index contributed by atoms with van der Waals surface area (Å²) in [5.41, 5.74) is 0.522. The van der Waals surface area contributed by atoms with Crippen LogP contribution in [0, 0.1) is 0 Å². The van der Waals surface area contributed by atoms with Crippen molar-refractivity contribution in [3.63, 3.8) is 0 Å². The molecule has 0 saturated heterocycles. The van der Waals surface area contributed by atoms with E-state index in [4.69, 9.17) is 4.74 Å². The summed E-state index contributed by atoms with van der Waals surface area (Å²) in [6, 6.07) is 1.58. The van der Waals surface area contributed by atoms with Crippen molar-refractivity contribution in [1.82, 2.24) is 29.3 Å². The van der Waals surface area contributed by atoms with E-state index in [0.29, 0.717) is 13.2 Å². The molecule has 0 atom stereocenters. The predicted octanol–water partition coefficient (Wildman–Crippen LogP) is 1.60. The van der Waals surface area contributed by atoms with Crippen molar-refractivity contribution in [1.29, 1.82) is 0 Å². The molecule has 0 bridgehead atoms. The number of esters is 1. The maximum atomic E-state index is 12.4. The first-order valence-corrected chi connectivity index (χ1v) is 8.48. The summed E-state index contributed by atoms with van der Waals surface area (Å²) < 4.78 is 10.3. The molecule has 0 aliphatic heterocycles. The Morgan fingerprint density at radius 1 is 1.23 bits per heavy atom. The lowest BCUT2D eigenvalue weighted by Gasteiger charge is -2.03. The summed E-state index contributed by atoms with van der Waals surface area (Å²) in [7, 11) is 1.26. The maximum absolute atomic E-state index is 12.4. The van der Waals surface area contributed by atoms with Gasteiger partial charge in [0.15, 0.2) is 11.4 Å². The predicted molar refractivity (Wildman–Crippen MR) is 94.7 cm³/mol. The molecule has 3 aromatic rings. The third kappa shape index (κ3) is 3.82. The fourth-order valence-corrected chi connectivity index (χ4v) is 2.56. The fraction of sp³-hybridized carbons (Fsp3) is 0.267. The molecule has 3 rings (SSSR count). The lowest BCUT2D eigenvalue weighted by Crippen LogP contribution is -2.16. The van der Waals surface area contributed by atoms with Crippen LogP contribution in [0.4, 0.5) is 5.69 Å². The summed E-state index contributed by atoms with van der Waals surface area (Å²) >= 11 is 3.32. The number of hydrogen-bond acceptors (Lipinski definition) is 6. The van der Waals surface area contributed by atoms with Crippen LogP contribution in [-0.4, -0.2) is 48.3 Å². The number of halogens is 1. The third-order valence-electron chi connectivity index (χ3n) is 3.48. The Morgan fingerprint density at radius 2 is 2.04 bits per heavy atom. The zero-order chi connectivity index (χ0) is 18.7. The Bertz CT molecular complexity index is 943. The number of aryl methyl sites for hydroxylation is 1. The van der Waals surface area contributed by atoms with Gasteiger partial charge >= 0.3 is 5.97 Å². The highest BCUT2D eigenvalue weighted by Crippen LogP contribution is 2.16. The van der Waals surface area contributed by atoms with Gasteiger partial charge in [0.2, 0.25) is 0 Å². The molecule has 1 N–H and O–H groups in total. The number of ether oxygens (including phenoxy) is 1. The number of rotatable bonds is 6. The molecule has 136 valence electrons. The molecular weight excluding hydrogens is 406 g/mol. The van der Waals surface area contributed by atoms with Crippen molar-refractivity contribution >= 4 is 33.5 Å². The van der Waals surface area contributed by atoms with E-state index in [1.165, 1.54) is 11.8 Å². The van der Waals surface area contributed by atoms with Crippen LogP contribution in [0.1, 0.15) is 27.9 Å². The number of anilines is 1. The van der Waals surface area contributed by atoms with E-state index in [-0.39, 0.29) is 17.1 Å². The van der Waals surface area contributed by atoms with E-state index in [0.717, 1.165) is 4.47 Å². The normalized spacial score (nSPS) is 10.7. The minimum Gasteiger partial charge on any atom is -0.464 e. The Hall–Kier alpha value is -2.95. The van der Waals surface area contributed by atoms with Gasteiger partial charge in [0.05, 0.1) is 23.5 Å². The lowest BCUT2D eigenvalue weighted by atomic mass is 10.3. The van der Waals surface area contributed by atoms with Crippen molar-refractivity contribution in [2.45, 2.75) is 20.1 Å². The number of nitrogens with zero attached hydrogens (tertiary/aromatic N) is 6. The van der Waals surface area contributed by atoms with Gasteiger partial charge in [-0.15, -0.1) is 0 Å². The Labute approximate surface area is 156 Å². The molecule has 0 fully saturated rings. The number of carbonyl (C=O) groups excluding carboxylic acids is 2. The molecule has 0 saturated carbocycles. The SMILES string of the molecule is CCn1cc(NC(=O)c2ccn(Cn3cc(Br)cn3)n2)c(C(=O)OC)n1. The summed E-state index contributed by atoms with van der Waals surface area (Å²) in [5.74, 6) is -1.08. The molecule has 3 heterocycles. The second-order valence-electron chi connectivity index (χ2n) is 5.27. The van der Waals surface area contributed by atoms with E-state index in [1.807, 2.05) is 6.92 Å². The minimum atomic E-state index is -0.623. The van der Waals surface area contributed by atoms with E-state index in [2.05, 4.69) is 36.5 Å². The Balaban J connectivity index is 1.74. The highest BCUT2D eigenvalue weighted by Gasteiger charge is 2.20. The van der Waals surface area contributed by atoms with Gasteiger partial charge in [0, 0.05) is 25.1 Å². The van der Waals surface area contributed by atoms with Gasteiger partial charge in [-0.3, -0.25) is 14.2 Å². The smallest absolute Gasteiger partial charge is 0.360 e. The highest BCUT2D eigenvalue weighted by atomic mass is 79.9. The van der Waals surface area contributed by atoms with E-state index < -0.39 is 11.9 Å². The lowest BCUT2D eigenvalue weighted by molar-refractivity contribution is 0.0594. The zero-order valence-electron chi connectivity index (χ0n) is 14.1. The van der Waals surface area contributed by atoms with Crippen LogP contribution in [0.15, 0.2) is 35.3 Å². The first kappa shape index (κ1) is 17.9. The molecule has 1 amide bonds. The van der Waals surface area contributed by atoms with E-state index >= 15 is 0 Å². The van der Waals surface area contributed by atoms with Crippen LogP contribution in [-0.2, 0) is 18.0 Å². The zero-order valence-corrected chi connectivity index (χ0v) is 15.7. The van der Waals surface area contributed by atoms with Gasteiger partial charge in [-0.1, -0.05) is 0 Å². The van der Waals surface area contributed by atoms with Crippen molar-refractivity contribution in [2.75, 3.05) is 12.4 Å². The van der Waals surface area contributed by atoms with Gasteiger partial charge in [0.25, 0.3) is 5.91 Å². The average Bonchev–Trinajstić information content (AvgIpc) is 3.35. The molecule has 0 radical (unpaired) electrons. The Kier molecular flexibility index (Phi) is 5.16. The topological polar surface area (TPSA) is 109 Å². The first-order chi connectivity index (χ1) is 12.5. The van der Waals surface area contributed by atoms with Gasteiger partial charge in [0.1, 0.15) is 6.67 Å². The van der Waals surface area contributed by atoms with Crippen LogP contribution in [0.25, 0.3) is 0 Å². The molecule has 3 aromatic heterocycles. The van der Waals surface area contributed by atoms with Crippen LogP contribution in [0.5, 0.6) is 0 Å². The average molecular weight is 422 g/mol. The molecule has 0 spiro atoms. The van der Waals surface area contributed by atoms with Crippen LogP contribution in [0.2, 0.25) is 0 Å². The van der Waals surface area contributed by atoms with Crippen molar-refractivity contribution < 1.29 is 14.3 Å². The first-order valence-electron chi connectivity index (χ1n) is 7.68. The van der Waals surface area contributed by atoms with Crippen LogP contribution >= 0.6 is 15.9 Å². The minimum absolute atomic E-state index is 0.0449. The monoisotopic (exact) mass is 421 g/mol. The number of aromatic nitrogens is 6. The highest BCUT2D eigenvalue weighted by molar-refractivity contribution is 9.10. The second-order valence-corrected chi connectivity index (χ2v) is 6.19. The number of hydrogen-bond donors (Lipinski definition) is 1. The number of methoxy groups -OCH3 is 1. The van der Waals surface area contributed by atoms with Gasteiger partial charge in [-0.2, -0.15) is 15.3 Å². The standard InChI is InChI=1S/C15H16BrN7O3/c1-3-21-8-12(13(20-21)15(25)26-2)18-14(24)11-4-5-22(19-11)9-23-7-10(16)6-17-23/h4-8H,3,9H2,1-2H3,(H,18,24).